The average molecular weight is 422 g/mol. The fraction of sp³-hybridized carbons (Fsp3) is 0.250. The second-order valence-electron chi connectivity index (χ2n) is 7.56. The normalized spacial score (nSPS) is 24.6. The third kappa shape index (κ3) is 2.78. The van der Waals surface area contributed by atoms with Gasteiger partial charge in [0.05, 0.1) is 0 Å². The maximum atomic E-state index is 6.98. The topological polar surface area (TPSA) is 43.0 Å². The maximum absolute atomic E-state index is 6.98. The van der Waals surface area contributed by atoms with Gasteiger partial charge in [-0.1, -0.05) is 0 Å². The molecule has 0 amide bonds. The Labute approximate surface area is 177 Å². The van der Waals surface area contributed by atoms with E-state index in [1.54, 1.807) is 0 Å². The van der Waals surface area contributed by atoms with Crippen LogP contribution in [0.3, 0.4) is 0 Å². The molecule has 1 N–H and O–H groups in total. The minimum atomic E-state index is -3.72. The average Bonchev–Trinajstić information content (AvgIpc) is 3.32. The van der Waals surface area contributed by atoms with Gasteiger partial charge in [-0.15, -0.1) is 0 Å². The van der Waals surface area contributed by atoms with Gasteiger partial charge < -0.3 is 0 Å². The zero-order valence-corrected chi connectivity index (χ0v) is 18.2. The van der Waals surface area contributed by atoms with Crippen molar-refractivity contribution in [3.8, 4) is 5.75 Å². The first-order valence-corrected chi connectivity index (χ1v) is 12.6. The van der Waals surface area contributed by atoms with E-state index in [9.17, 15) is 0 Å². The first-order valence-electron chi connectivity index (χ1n) is 10.5. The standard InChI is InChI=1S/C24H27N2O3P/c1-3-26(4-2)30(25-21-17-11-12-18-22(21)28-30)24(20-15-9-6-10-16-20)27-23(29-30)19-13-7-5-8-14-19/h5-18,23-25H,3-4H2,1-2H3. The molecule has 5 nitrogen and oxygen atoms in total. The molecular weight excluding hydrogens is 395 g/mol. The van der Waals surface area contributed by atoms with Crippen molar-refractivity contribution in [2.24, 2.45) is 0 Å². The van der Waals surface area contributed by atoms with Crippen LogP contribution in [0.2, 0.25) is 0 Å². The number of para-hydroxylation sites is 2. The predicted molar refractivity (Wildman–Crippen MR) is 121 cm³/mol. The van der Waals surface area contributed by atoms with Crippen LogP contribution in [0.1, 0.15) is 37.1 Å². The van der Waals surface area contributed by atoms with Gasteiger partial charge in [-0.3, -0.25) is 0 Å². The summed E-state index contributed by atoms with van der Waals surface area (Å²) >= 11 is 0. The molecule has 156 valence electrons. The summed E-state index contributed by atoms with van der Waals surface area (Å²) in [5, 5.41) is 3.76. The van der Waals surface area contributed by atoms with Crippen LogP contribution < -0.4 is 9.61 Å². The van der Waals surface area contributed by atoms with E-state index in [0.717, 1.165) is 35.7 Å². The Morgan fingerprint density at radius 1 is 0.800 bits per heavy atom. The molecule has 1 saturated heterocycles. The van der Waals surface area contributed by atoms with E-state index < -0.39 is 19.5 Å². The Balaban J connectivity index is 1.72. The summed E-state index contributed by atoms with van der Waals surface area (Å²) in [5.74, 6) is 0.412. The number of fused-ring (bicyclic) bond motifs is 1. The van der Waals surface area contributed by atoms with E-state index in [4.69, 9.17) is 13.8 Å². The second-order valence-corrected chi connectivity index (χ2v) is 11.2. The summed E-state index contributed by atoms with van der Waals surface area (Å²) in [6.07, 6.45) is -0.531. The monoisotopic (exact) mass is 422 g/mol. The van der Waals surface area contributed by atoms with Crippen LogP contribution in [0.15, 0.2) is 84.9 Å². The molecule has 3 aromatic rings. The Hall–Kier alpha value is -2.43. The van der Waals surface area contributed by atoms with Gasteiger partial charge in [-0.05, 0) is 0 Å². The van der Waals surface area contributed by atoms with Crippen LogP contribution in [0.25, 0.3) is 0 Å². The number of benzene rings is 3. The number of nitrogens with zero attached hydrogens (tertiary/aromatic N) is 1. The molecule has 0 aromatic heterocycles. The van der Waals surface area contributed by atoms with Gasteiger partial charge >= 0.3 is 177 Å². The summed E-state index contributed by atoms with van der Waals surface area (Å²) in [6.45, 7) is 5.81. The molecule has 2 atom stereocenters. The van der Waals surface area contributed by atoms with Gasteiger partial charge in [0.2, 0.25) is 0 Å². The van der Waals surface area contributed by atoms with Crippen LogP contribution in [0, 0.1) is 0 Å². The Kier molecular flexibility index (Phi) is 4.79. The molecule has 0 radical (unpaired) electrons. The van der Waals surface area contributed by atoms with Crippen LogP contribution in [-0.4, -0.2) is 17.8 Å². The van der Waals surface area contributed by atoms with Gasteiger partial charge in [0.1, 0.15) is 0 Å². The van der Waals surface area contributed by atoms with E-state index in [1.165, 1.54) is 0 Å². The number of nitrogens with one attached hydrogen (secondary N) is 1. The van der Waals surface area contributed by atoms with Crippen molar-refractivity contribution in [3.05, 3.63) is 96.1 Å². The zero-order chi connectivity index (χ0) is 20.6. The van der Waals surface area contributed by atoms with Crippen molar-refractivity contribution in [2.75, 3.05) is 18.2 Å². The summed E-state index contributed by atoms with van der Waals surface area (Å²) < 4.78 is 22.9. The molecule has 6 heteroatoms. The van der Waals surface area contributed by atoms with Crippen molar-refractivity contribution in [1.29, 1.82) is 0 Å². The number of rotatable bonds is 5. The molecule has 2 aliphatic rings. The van der Waals surface area contributed by atoms with Crippen LogP contribution in [0.5, 0.6) is 5.75 Å². The van der Waals surface area contributed by atoms with Crippen molar-refractivity contribution in [2.45, 2.75) is 26.0 Å². The third-order valence-corrected chi connectivity index (χ3v) is 10.6. The summed E-state index contributed by atoms with van der Waals surface area (Å²) in [6, 6.07) is 28.4. The minimum absolute atomic E-state index is 0.394. The van der Waals surface area contributed by atoms with Crippen LogP contribution in [-0.2, 0) is 9.26 Å². The molecule has 3 aromatic carbocycles. The van der Waals surface area contributed by atoms with Crippen molar-refractivity contribution >= 4 is 13.0 Å². The summed E-state index contributed by atoms with van der Waals surface area (Å²) in [7, 11) is -3.72. The Morgan fingerprint density at radius 2 is 1.40 bits per heavy atom. The predicted octanol–water partition coefficient (Wildman–Crippen LogP) is 6.49. The molecular formula is C24H27N2O3P. The van der Waals surface area contributed by atoms with Gasteiger partial charge in [0, 0.05) is 0 Å². The molecule has 2 aliphatic heterocycles. The van der Waals surface area contributed by atoms with Gasteiger partial charge in [0.25, 0.3) is 0 Å². The molecule has 5 rings (SSSR count). The molecule has 0 aliphatic carbocycles. The van der Waals surface area contributed by atoms with Gasteiger partial charge in [-0.25, -0.2) is 0 Å². The van der Waals surface area contributed by atoms with Crippen LogP contribution >= 0.6 is 7.36 Å². The molecule has 30 heavy (non-hydrogen) atoms. The second kappa shape index (κ2) is 7.36. The SMILES string of the molecule is CCN(CC)P12(Nc3ccccc3O1)OC(c1ccccc1)OC2c1ccccc1. The van der Waals surface area contributed by atoms with E-state index >= 15 is 0 Å². The molecule has 0 bridgehead atoms. The summed E-state index contributed by atoms with van der Waals surface area (Å²) in [4.78, 5) is 0. The van der Waals surface area contributed by atoms with Crippen molar-refractivity contribution in [3.63, 3.8) is 0 Å². The van der Waals surface area contributed by atoms with Crippen molar-refractivity contribution < 1.29 is 13.8 Å². The fourth-order valence-electron chi connectivity index (χ4n) is 4.53. The van der Waals surface area contributed by atoms with Gasteiger partial charge in [0.15, 0.2) is 0 Å². The number of hydrogen-bond acceptors (Lipinski definition) is 5. The summed E-state index contributed by atoms with van der Waals surface area (Å²) in [5.41, 5.74) is 2.97. The Bertz CT molecular complexity index is 1000. The molecule has 0 saturated carbocycles. The van der Waals surface area contributed by atoms with E-state index in [0.29, 0.717) is 0 Å². The zero-order valence-electron chi connectivity index (χ0n) is 17.3. The molecule has 2 heterocycles. The van der Waals surface area contributed by atoms with E-state index in [1.807, 2.05) is 72.8 Å². The first kappa shape index (κ1) is 19.5. The number of hydrogen-bond donors (Lipinski definition) is 1. The number of ether oxygens (including phenoxy) is 1. The van der Waals surface area contributed by atoms with E-state index in [2.05, 4.69) is 35.7 Å². The molecule has 2 unspecified atom stereocenters. The quantitative estimate of drug-likeness (QED) is 0.476. The third-order valence-electron chi connectivity index (χ3n) is 5.88. The number of anilines is 1. The van der Waals surface area contributed by atoms with Crippen molar-refractivity contribution in [1.82, 2.24) is 4.67 Å². The first-order chi connectivity index (χ1) is 14.7. The Morgan fingerprint density at radius 3 is 2.03 bits per heavy atom. The van der Waals surface area contributed by atoms with E-state index in [-0.39, 0.29) is 0 Å². The van der Waals surface area contributed by atoms with Gasteiger partial charge in [-0.2, -0.15) is 0 Å². The molecule has 1 spiro atoms. The van der Waals surface area contributed by atoms with Crippen LogP contribution in [0.4, 0.5) is 5.69 Å². The fourth-order valence-corrected chi connectivity index (χ4v) is 9.48. The molecule has 1 fully saturated rings.